The van der Waals surface area contributed by atoms with Gasteiger partial charge in [-0.15, -0.1) is 0 Å². The van der Waals surface area contributed by atoms with Crippen molar-refractivity contribution >= 4 is 11.6 Å². The Hall–Kier alpha value is -1.58. The predicted molar refractivity (Wildman–Crippen MR) is 65.7 cm³/mol. The van der Waals surface area contributed by atoms with Crippen LogP contribution >= 0.6 is 0 Å². The number of hydrogen-bond acceptors (Lipinski definition) is 2. The number of benzene rings is 1. The van der Waals surface area contributed by atoms with Crippen LogP contribution in [0.3, 0.4) is 0 Å². The molecule has 0 fully saturated rings. The summed E-state index contributed by atoms with van der Waals surface area (Å²) in [7, 11) is 1.40. The molecule has 1 amide bonds. The molecule has 0 saturated heterocycles. The summed E-state index contributed by atoms with van der Waals surface area (Å²) in [5, 5.41) is 2.70. The van der Waals surface area contributed by atoms with Crippen molar-refractivity contribution in [2.75, 3.05) is 12.4 Å². The summed E-state index contributed by atoms with van der Waals surface area (Å²) in [5.74, 6) is -0.403. The van der Waals surface area contributed by atoms with Gasteiger partial charge in [0, 0.05) is 17.7 Å². The van der Waals surface area contributed by atoms with Gasteiger partial charge < -0.3 is 10.1 Å². The summed E-state index contributed by atoms with van der Waals surface area (Å²) < 4.78 is 18.2. The smallest absolute Gasteiger partial charge is 0.227 e. The molecule has 0 unspecified atom stereocenters. The number of anilines is 1. The van der Waals surface area contributed by atoms with Crippen LogP contribution in [0.15, 0.2) is 18.2 Å². The van der Waals surface area contributed by atoms with Crippen LogP contribution in [0.4, 0.5) is 10.1 Å². The molecule has 1 rings (SSSR count). The van der Waals surface area contributed by atoms with Crippen molar-refractivity contribution in [2.24, 2.45) is 5.92 Å². The first-order valence-corrected chi connectivity index (χ1v) is 5.76. The van der Waals surface area contributed by atoms with E-state index in [9.17, 15) is 9.18 Å². The number of hydrogen-bond donors (Lipinski definition) is 1. The van der Waals surface area contributed by atoms with Crippen molar-refractivity contribution in [3.63, 3.8) is 0 Å². The van der Waals surface area contributed by atoms with Gasteiger partial charge in [-0.3, -0.25) is 4.79 Å². The van der Waals surface area contributed by atoms with Gasteiger partial charge in [-0.05, 0) is 25.0 Å². The number of ether oxygens (including phenoxy) is 1. The maximum atomic E-state index is 13.4. The minimum absolute atomic E-state index is 0.0276. The maximum Gasteiger partial charge on any atom is 0.227 e. The van der Waals surface area contributed by atoms with Crippen LogP contribution in [0.5, 0.6) is 5.75 Å². The molecule has 3 nitrogen and oxygen atoms in total. The van der Waals surface area contributed by atoms with Gasteiger partial charge in [0.25, 0.3) is 0 Å². The molecule has 94 valence electrons. The molecule has 0 aromatic heterocycles. The Morgan fingerprint density at radius 1 is 1.41 bits per heavy atom. The normalized spacial score (nSPS) is 10.4. The first-order chi connectivity index (χ1) is 8.12. The van der Waals surface area contributed by atoms with Gasteiger partial charge in [0.2, 0.25) is 5.91 Å². The highest BCUT2D eigenvalue weighted by atomic mass is 19.1. The van der Waals surface area contributed by atoms with E-state index in [4.69, 9.17) is 4.74 Å². The largest absolute Gasteiger partial charge is 0.494 e. The van der Waals surface area contributed by atoms with E-state index in [2.05, 4.69) is 5.32 Å². The average molecular weight is 239 g/mol. The monoisotopic (exact) mass is 239 g/mol. The van der Waals surface area contributed by atoms with Gasteiger partial charge >= 0.3 is 0 Å². The molecule has 0 aliphatic heterocycles. The lowest BCUT2D eigenvalue weighted by atomic mass is 10.0. The quantitative estimate of drug-likeness (QED) is 0.856. The fourth-order valence-electron chi connectivity index (χ4n) is 1.65. The van der Waals surface area contributed by atoms with Crippen molar-refractivity contribution in [1.29, 1.82) is 0 Å². The Morgan fingerprint density at radius 3 is 2.53 bits per heavy atom. The Morgan fingerprint density at radius 2 is 2.06 bits per heavy atom. The van der Waals surface area contributed by atoms with Crippen LogP contribution in [-0.2, 0) is 4.79 Å². The number of amides is 1. The van der Waals surface area contributed by atoms with E-state index in [1.807, 2.05) is 13.8 Å². The number of carbonyl (C=O) groups is 1. The third-order valence-corrected chi connectivity index (χ3v) is 2.78. The van der Waals surface area contributed by atoms with Gasteiger partial charge in [-0.2, -0.15) is 0 Å². The third kappa shape index (κ3) is 3.44. The fraction of sp³-hybridized carbons (Fsp3) is 0.462. The van der Waals surface area contributed by atoms with Crippen molar-refractivity contribution in [2.45, 2.75) is 26.7 Å². The van der Waals surface area contributed by atoms with Crippen LogP contribution < -0.4 is 10.1 Å². The standard InChI is InChI=1S/C13H18FNO2/c1-4-9(5-2)13(16)15-10-6-7-12(17-3)11(14)8-10/h6-9H,4-5H2,1-3H3,(H,15,16). The molecule has 4 heteroatoms. The van der Waals surface area contributed by atoms with Gasteiger partial charge in [0.05, 0.1) is 7.11 Å². The lowest BCUT2D eigenvalue weighted by Crippen LogP contribution is -2.21. The van der Waals surface area contributed by atoms with Crippen molar-refractivity contribution < 1.29 is 13.9 Å². The van der Waals surface area contributed by atoms with Crippen molar-refractivity contribution in [3.05, 3.63) is 24.0 Å². The summed E-state index contributed by atoms with van der Waals surface area (Å²) >= 11 is 0. The number of methoxy groups -OCH3 is 1. The van der Waals surface area contributed by atoms with Crippen molar-refractivity contribution in [3.8, 4) is 5.75 Å². The number of halogens is 1. The zero-order valence-electron chi connectivity index (χ0n) is 10.4. The molecular formula is C13H18FNO2. The number of nitrogens with one attached hydrogen (secondary N) is 1. The van der Waals surface area contributed by atoms with E-state index in [0.29, 0.717) is 5.69 Å². The van der Waals surface area contributed by atoms with Crippen LogP contribution in [0.1, 0.15) is 26.7 Å². The molecule has 0 aliphatic rings. The second-order valence-corrected chi connectivity index (χ2v) is 3.85. The van der Waals surface area contributed by atoms with Crippen LogP contribution in [-0.4, -0.2) is 13.0 Å². The molecule has 0 heterocycles. The van der Waals surface area contributed by atoms with E-state index in [-0.39, 0.29) is 17.6 Å². The first kappa shape index (κ1) is 13.5. The Bertz CT molecular complexity index is 389. The maximum absolute atomic E-state index is 13.4. The molecular weight excluding hydrogens is 221 g/mol. The zero-order chi connectivity index (χ0) is 12.8. The molecule has 0 saturated carbocycles. The van der Waals surface area contributed by atoms with Crippen LogP contribution in [0.25, 0.3) is 0 Å². The summed E-state index contributed by atoms with van der Waals surface area (Å²) in [6.45, 7) is 3.92. The van der Waals surface area contributed by atoms with E-state index in [1.54, 1.807) is 6.07 Å². The highest BCUT2D eigenvalue weighted by molar-refractivity contribution is 5.92. The topological polar surface area (TPSA) is 38.3 Å². The first-order valence-electron chi connectivity index (χ1n) is 5.76. The average Bonchev–Trinajstić information content (AvgIpc) is 2.31. The van der Waals surface area contributed by atoms with E-state index < -0.39 is 5.82 Å². The molecule has 0 radical (unpaired) electrons. The lowest BCUT2D eigenvalue weighted by Gasteiger charge is -2.13. The molecule has 0 spiro atoms. The summed E-state index contributed by atoms with van der Waals surface area (Å²) in [6.07, 6.45) is 1.56. The molecule has 0 atom stereocenters. The van der Waals surface area contributed by atoms with Crippen LogP contribution in [0, 0.1) is 11.7 Å². The van der Waals surface area contributed by atoms with Gasteiger partial charge in [-0.1, -0.05) is 13.8 Å². The van der Waals surface area contributed by atoms with E-state index >= 15 is 0 Å². The Labute approximate surface area is 101 Å². The zero-order valence-corrected chi connectivity index (χ0v) is 10.4. The van der Waals surface area contributed by atoms with Gasteiger partial charge in [0.15, 0.2) is 11.6 Å². The minimum Gasteiger partial charge on any atom is -0.494 e. The van der Waals surface area contributed by atoms with Crippen LogP contribution in [0.2, 0.25) is 0 Å². The second kappa shape index (κ2) is 6.23. The molecule has 0 aliphatic carbocycles. The third-order valence-electron chi connectivity index (χ3n) is 2.78. The van der Waals surface area contributed by atoms with E-state index in [0.717, 1.165) is 12.8 Å². The van der Waals surface area contributed by atoms with Gasteiger partial charge in [0.1, 0.15) is 0 Å². The summed E-state index contributed by atoms with van der Waals surface area (Å²) in [5.41, 5.74) is 0.459. The van der Waals surface area contributed by atoms with E-state index in [1.165, 1.54) is 19.2 Å². The Kier molecular flexibility index (Phi) is 4.94. The second-order valence-electron chi connectivity index (χ2n) is 3.85. The summed E-state index contributed by atoms with van der Waals surface area (Å²) in [4.78, 5) is 11.8. The highest BCUT2D eigenvalue weighted by Crippen LogP contribution is 2.21. The molecule has 17 heavy (non-hydrogen) atoms. The number of carbonyl (C=O) groups excluding carboxylic acids is 1. The molecule has 1 N–H and O–H groups in total. The molecule has 1 aromatic carbocycles. The van der Waals surface area contributed by atoms with Crippen molar-refractivity contribution in [1.82, 2.24) is 0 Å². The number of rotatable bonds is 5. The molecule has 1 aromatic rings. The molecule has 0 bridgehead atoms. The summed E-state index contributed by atoms with van der Waals surface area (Å²) in [6, 6.07) is 4.39. The predicted octanol–water partition coefficient (Wildman–Crippen LogP) is 3.21. The van der Waals surface area contributed by atoms with Gasteiger partial charge in [-0.25, -0.2) is 4.39 Å². The fourth-order valence-corrected chi connectivity index (χ4v) is 1.65. The SMILES string of the molecule is CCC(CC)C(=O)Nc1ccc(OC)c(F)c1. The Balaban J connectivity index is 2.75. The lowest BCUT2D eigenvalue weighted by molar-refractivity contribution is -0.120. The highest BCUT2D eigenvalue weighted by Gasteiger charge is 2.14. The minimum atomic E-state index is -0.477.